The van der Waals surface area contributed by atoms with Crippen LogP contribution >= 0.6 is 0 Å². The second-order valence-corrected chi connectivity index (χ2v) is 4.14. The average Bonchev–Trinajstić information content (AvgIpc) is 2.73. The molecule has 2 heterocycles. The van der Waals surface area contributed by atoms with Gasteiger partial charge in [0.1, 0.15) is 5.69 Å². The third-order valence-corrected chi connectivity index (χ3v) is 3.13. The van der Waals surface area contributed by atoms with Crippen molar-refractivity contribution >= 4 is 11.4 Å². The second kappa shape index (κ2) is 3.61. The van der Waals surface area contributed by atoms with E-state index in [2.05, 4.69) is 4.90 Å². The Balaban J connectivity index is 2.52. The molecule has 1 aliphatic heterocycles. The minimum atomic E-state index is -0.0862. The maximum atomic E-state index is 11.8. The highest BCUT2D eigenvalue weighted by molar-refractivity contribution is 5.67. The van der Waals surface area contributed by atoms with Gasteiger partial charge in [-0.3, -0.25) is 4.79 Å². The molecular weight excluding hydrogens is 190 g/mol. The molecule has 0 saturated carbocycles. The fraction of sp³-hybridized carbons (Fsp3) is 0.545. The minimum Gasteiger partial charge on any atom is -0.393 e. The molecule has 0 unspecified atom stereocenters. The average molecular weight is 207 g/mol. The van der Waals surface area contributed by atoms with Crippen LogP contribution in [0.25, 0.3) is 0 Å². The van der Waals surface area contributed by atoms with E-state index in [1.807, 2.05) is 13.0 Å². The Morgan fingerprint density at radius 3 is 2.53 bits per heavy atom. The number of aromatic nitrogens is 1. The number of aryl methyl sites for hydroxylation is 1. The molecule has 0 aromatic carbocycles. The number of pyridine rings is 1. The largest absolute Gasteiger partial charge is 0.393 e. The van der Waals surface area contributed by atoms with Gasteiger partial charge in [-0.05, 0) is 25.8 Å². The third-order valence-electron chi connectivity index (χ3n) is 3.13. The highest BCUT2D eigenvalue weighted by Crippen LogP contribution is 2.24. The highest BCUT2D eigenvalue weighted by Gasteiger charge is 2.17. The molecule has 82 valence electrons. The van der Waals surface area contributed by atoms with Crippen LogP contribution in [0.5, 0.6) is 0 Å². The first-order chi connectivity index (χ1) is 7.11. The summed E-state index contributed by atoms with van der Waals surface area (Å²) < 4.78 is 1.59. The minimum absolute atomic E-state index is 0.0862. The highest BCUT2D eigenvalue weighted by atomic mass is 16.1. The molecule has 0 aliphatic carbocycles. The van der Waals surface area contributed by atoms with Crippen LogP contribution in [0, 0.1) is 6.92 Å². The van der Waals surface area contributed by atoms with Crippen molar-refractivity contribution in [2.24, 2.45) is 7.05 Å². The first-order valence-electron chi connectivity index (χ1n) is 5.32. The molecule has 0 bridgehead atoms. The van der Waals surface area contributed by atoms with Crippen LogP contribution in [0.2, 0.25) is 0 Å². The van der Waals surface area contributed by atoms with E-state index in [0.717, 1.165) is 24.5 Å². The predicted octanol–water partition coefficient (Wildman–Crippen LogP) is 0.876. The summed E-state index contributed by atoms with van der Waals surface area (Å²) in [6.07, 6.45) is 2.38. The summed E-state index contributed by atoms with van der Waals surface area (Å²) in [4.78, 5) is 14.0. The molecule has 1 fully saturated rings. The maximum Gasteiger partial charge on any atom is 0.275 e. The molecule has 4 nitrogen and oxygen atoms in total. The number of nitrogens with two attached hydrogens (primary N) is 1. The predicted molar refractivity (Wildman–Crippen MR) is 62.3 cm³/mol. The summed E-state index contributed by atoms with van der Waals surface area (Å²) in [6.45, 7) is 3.95. The number of hydrogen-bond donors (Lipinski definition) is 1. The van der Waals surface area contributed by atoms with Crippen molar-refractivity contribution in [3.05, 3.63) is 22.1 Å². The van der Waals surface area contributed by atoms with Crippen LogP contribution < -0.4 is 16.2 Å². The van der Waals surface area contributed by atoms with Gasteiger partial charge in [0.15, 0.2) is 0 Å². The van der Waals surface area contributed by atoms with E-state index in [-0.39, 0.29) is 5.56 Å². The summed E-state index contributed by atoms with van der Waals surface area (Å²) in [6, 6.07) is 2.00. The van der Waals surface area contributed by atoms with Crippen molar-refractivity contribution in [2.45, 2.75) is 19.8 Å². The van der Waals surface area contributed by atoms with Crippen LogP contribution in [0.4, 0.5) is 11.4 Å². The van der Waals surface area contributed by atoms with E-state index in [9.17, 15) is 4.79 Å². The third kappa shape index (κ3) is 1.60. The van der Waals surface area contributed by atoms with E-state index >= 15 is 0 Å². The molecule has 2 N–H and O–H groups in total. The van der Waals surface area contributed by atoms with E-state index in [1.54, 1.807) is 11.6 Å². The SMILES string of the molecule is Cc1cc(N2CCCC2)c(N)c(=O)n1C. The quantitative estimate of drug-likeness (QED) is 0.743. The van der Waals surface area contributed by atoms with Crippen LogP contribution in [-0.2, 0) is 7.05 Å². The lowest BCUT2D eigenvalue weighted by Gasteiger charge is -2.20. The van der Waals surface area contributed by atoms with E-state index in [1.165, 1.54) is 12.8 Å². The molecule has 0 spiro atoms. The fourth-order valence-corrected chi connectivity index (χ4v) is 2.04. The molecule has 4 heteroatoms. The number of hydrogen-bond acceptors (Lipinski definition) is 3. The van der Waals surface area contributed by atoms with Crippen molar-refractivity contribution in [3.63, 3.8) is 0 Å². The van der Waals surface area contributed by atoms with E-state index < -0.39 is 0 Å². The van der Waals surface area contributed by atoms with Crippen LogP contribution in [0.1, 0.15) is 18.5 Å². The first-order valence-corrected chi connectivity index (χ1v) is 5.32. The lowest BCUT2D eigenvalue weighted by Crippen LogP contribution is -2.28. The Morgan fingerprint density at radius 2 is 1.93 bits per heavy atom. The first kappa shape index (κ1) is 10.1. The normalized spacial score (nSPS) is 16.0. The number of rotatable bonds is 1. The number of anilines is 2. The zero-order valence-electron chi connectivity index (χ0n) is 9.29. The van der Waals surface area contributed by atoms with Gasteiger partial charge in [-0.15, -0.1) is 0 Å². The Kier molecular flexibility index (Phi) is 2.42. The molecule has 1 aromatic rings. The summed E-state index contributed by atoms with van der Waals surface area (Å²) in [5, 5.41) is 0. The number of nitrogens with zero attached hydrogens (tertiary/aromatic N) is 2. The van der Waals surface area contributed by atoms with Gasteiger partial charge in [0.2, 0.25) is 0 Å². The van der Waals surface area contributed by atoms with Gasteiger partial charge >= 0.3 is 0 Å². The van der Waals surface area contributed by atoms with Gasteiger partial charge in [0.05, 0.1) is 5.69 Å². The molecule has 15 heavy (non-hydrogen) atoms. The van der Waals surface area contributed by atoms with Gasteiger partial charge < -0.3 is 15.2 Å². The van der Waals surface area contributed by atoms with Crippen LogP contribution in [-0.4, -0.2) is 17.7 Å². The second-order valence-electron chi connectivity index (χ2n) is 4.14. The zero-order valence-corrected chi connectivity index (χ0v) is 9.29. The van der Waals surface area contributed by atoms with Crippen molar-refractivity contribution in [3.8, 4) is 0 Å². The molecule has 0 radical (unpaired) electrons. The van der Waals surface area contributed by atoms with Gasteiger partial charge in [0.25, 0.3) is 5.56 Å². The molecule has 1 aliphatic rings. The van der Waals surface area contributed by atoms with Crippen molar-refractivity contribution in [2.75, 3.05) is 23.7 Å². The summed E-state index contributed by atoms with van der Waals surface area (Å²) in [5.74, 6) is 0. The summed E-state index contributed by atoms with van der Waals surface area (Å²) in [7, 11) is 1.75. The molecule has 0 amide bonds. The standard InChI is InChI=1S/C11H17N3O/c1-8-7-9(14-5-3-4-6-14)10(12)11(15)13(8)2/h7H,3-6,12H2,1-2H3. The lowest BCUT2D eigenvalue weighted by molar-refractivity contribution is 0.816. The van der Waals surface area contributed by atoms with Crippen LogP contribution in [0.3, 0.4) is 0 Å². The van der Waals surface area contributed by atoms with Gasteiger partial charge in [-0.25, -0.2) is 0 Å². The fourth-order valence-electron chi connectivity index (χ4n) is 2.04. The Hall–Kier alpha value is -1.45. The van der Waals surface area contributed by atoms with Gasteiger partial charge in [-0.2, -0.15) is 0 Å². The monoisotopic (exact) mass is 207 g/mol. The van der Waals surface area contributed by atoms with Gasteiger partial charge in [0, 0.05) is 25.8 Å². The van der Waals surface area contributed by atoms with Crippen molar-refractivity contribution in [1.82, 2.24) is 4.57 Å². The topological polar surface area (TPSA) is 51.3 Å². The van der Waals surface area contributed by atoms with Crippen molar-refractivity contribution in [1.29, 1.82) is 0 Å². The Morgan fingerprint density at radius 1 is 1.33 bits per heavy atom. The van der Waals surface area contributed by atoms with E-state index in [4.69, 9.17) is 5.73 Å². The summed E-state index contributed by atoms with van der Waals surface area (Å²) >= 11 is 0. The smallest absolute Gasteiger partial charge is 0.275 e. The van der Waals surface area contributed by atoms with Crippen molar-refractivity contribution < 1.29 is 0 Å². The summed E-state index contributed by atoms with van der Waals surface area (Å²) in [5.41, 5.74) is 8.02. The Bertz CT molecular complexity index is 430. The molecule has 1 saturated heterocycles. The molecular formula is C11H17N3O. The van der Waals surface area contributed by atoms with Gasteiger partial charge in [-0.1, -0.05) is 0 Å². The zero-order chi connectivity index (χ0) is 11.0. The molecule has 2 rings (SSSR count). The molecule has 1 aromatic heterocycles. The maximum absolute atomic E-state index is 11.8. The van der Waals surface area contributed by atoms with E-state index in [0.29, 0.717) is 5.69 Å². The molecule has 0 atom stereocenters. The lowest BCUT2D eigenvalue weighted by atomic mass is 10.2. The van der Waals surface area contributed by atoms with Crippen LogP contribution in [0.15, 0.2) is 10.9 Å². The Labute approximate surface area is 89.3 Å². The number of nitrogen functional groups attached to an aromatic ring is 1.